The van der Waals surface area contributed by atoms with Gasteiger partial charge in [0.2, 0.25) is 0 Å². The maximum absolute atomic E-state index is 9.81. The highest BCUT2D eigenvalue weighted by Gasteiger charge is 2.06. The fourth-order valence-corrected chi connectivity index (χ4v) is 0.191. The molecule has 0 aliphatic heterocycles. The van der Waals surface area contributed by atoms with Crippen LogP contribution in [0.1, 0.15) is 6.92 Å². The summed E-state index contributed by atoms with van der Waals surface area (Å²) < 4.78 is 0. The first-order valence-corrected chi connectivity index (χ1v) is 2.15. The van der Waals surface area contributed by atoms with Gasteiger partial charge in [0.05, 0.1) is 4.92 Å². The molecule has 2 N–H and O–H groups in total. The molecule has 0 aliphatic rings. The summed E-state index contributed by atoms with van der Waals surface area (Å²) in [5.41, 5.74) is 4.24. The molecule has 5 heteroatoms. The number of hydrogen-bond donors (Lipinski definition) is 1. The van der Waals surface area contributed by atoms with E-state index in [1.54, 1.807) is 0 Å². The lowest BCUT2D eigenvalue weighted by Crippen LogP contribution is -2.07. The van der Waals surface area contributed by atoms with Crippen LogP contribution in [0.2, 0.25) is 0 Å². The highest BCUT2D eigenvalue weighted by Crippen LogP contribution is 1.93. The third-order valence-electron chi connectivity index (χ3n) is 0.819. The molecule has 0 bridgehead atoms. The van der Waals surface area contributed by atoms with Crippen molar-refractivity contribution in [3.05, 3.63) is 21.5 Å². The summed E-state index contributed by atoms with van der Waals surface area (Å²) >= 11 is 0. The lowest BCUT2D eigenvalue weighted by molar-refractivity contribution is -0.425. The topological polar surface area (TPSA) is 86.2 Å². The molecule has 0 aliphatic carbocycles. The summed E-state index contributed by atoms with van der Waals surface area (Å²) in [5.74, 6) is 0. The Bertz CT molecular complexity index is 173. The van der Waals surface area contributed by atoms with Gasteiger partial charge < -0.3 is 5.73 Å². The van der Waals surface area contributed by atoms with Crippen molar-refractivity contribution in [3.63, 3.8) is 0 Å². The third-order valence-corrected chi connectivity index (χ3v) is 0.819. The molecule has 5 nitrogen and oxygen atoms in total. The van der Waals surface area contributed by atoms with E-state index in [4.69, 9.17) is 5.73 Å². The van der Waals surface area contributed by atoms with E-state index in [0.717, 1.165) is 0 Å². The van der Waals surface area contributed by atoms with E-state index in [2.05, 4.69) is 0 Å². The third kappa shape index (κ3) is 1.89. The molecule has 0 amide bonds. The zero-order valence-corrected chi connectivity index (χ0v) is 4.83. The molecule has 0 aromatic rings. The van der Waals surface area contributed by atoms with Crippen molar-refractivity contribution in [3.8, 4) is 0 Å². The molecule has 9 heavy (non-hydrogen) atoms. The van der Waals surface area contributed by atoms with Crippen LogP contribution >= 0.6 is 0 Å². The standard InChI is InChI=1S/C4H6N2O3/c1-3(6(8)9)4(5)2-7/h2H,5H2,1H3/b4-3+. The summed E-state index contributed by atoms with van der Waals surface area (Å²) in [6, 6.07) is 0. The van der Waals surface area contributed by atoms with Crippen molar-refractivity contribution in [1.82, 2.24) is 0 Å². The molecular formula is C4H6N2O3. The van der Waals surface area contributed by atoms with Gasteiger partial charge in [-0.3, -0.25) is 14.9 Å². The average molecular weight is 130 g/mol. The number of nitrogens with two attached hydrogens (primary N) is 1. The van der Waals surface area contributed by atoms with E-state index in [1.807, 2.05) is 0 Å². The van der Waals surface area contributed by atoms with Crippen LogP contribution in [0, 0.1) is 10.1 Å². The summed E-state index contributed by atoms with van der Waals surface area (Å²) in [7, 11) is 0. The van der Waals surface area contributed by atoms with Crippen LogP contribution in [-0.4, -0.2) is 11.2 Å². The quantitative estimate of drug-likeness (QED) is 0.239. The highest BCUT2D eigenvalue weighted by molar-refractivity contribution is 5.72. The van der Waals surface area contributed by atoms with E-state index < -0.39 is 4.92 Å². The number of nitro groups is 1. The summed E-state index contributed by atoms with van der Waals surface area (Å²) in [5, 5.41) is 9.81. The smallest absolute Gasteiger partial charge is 0.269 e. The fourth-order valence-electron chi connectivity index (χ4n) is 0.191. The molecule has 0 spiro atoms. The van der Waals surface area contributed by atoms with Gasteiger partial charge in [0, 0.05) is 6.92 Å². The molecule has 0 radical (unpaired) electrons. The maximum atomic E-state index is 9.81. The first-order chi connectivity index (χ1) is 4.09. The van der Waals surface area contributed by atoms with E-state index in [9.17, 15) is 14.9 Å². The molecule has 0 atom stereocenters. The molecule has 0 saturated heterocycles. The van der Waals surface area contributed by atoms with Crippen molar-refractivity contribution in [2.75, 3.05) is 0 Å². The first-order valence-electron chi connectivity index (χ1n) is 2.15. The van der Waals surface area contributed by atoms with Crippen LogP contribution in [0.25, 0.3) is 0 Å². The summed E-state index contributed by atoms with van der Waals surface area (Å²) in [4.78, 5) is 18.9. The Kier molecular flexibility index (Phi) is 2.37. The Balaban J connectivity index is 4.47. The second-order valence-electron chi connectivity index (χ2n) is 1.42. The van der Waals surface area contributed by atoms with Crippen molar-refractivity contribution < 1.29 is 9.72 Å². The Morgan fingerprint density at radius 1 is 1.78 bits per heavy atom. The van der Waals surface area contributed by atoms with Gasteiger partial charge in [0.25, 0.3) is 5.70 Å². The monoisotopic (exact) mass is 130 g/mol. The summed E-state index contributed by atoms with van der Waals surface area (Å²) in [6.07, 6.45) is 0.248. The molecule has 0 saturated carbocycles. The Morgan fingerprint density at radius 2 is 2.22 bits per heavy atom. The number of carbonyl (C=O) groups is 1. The van der Waals surface area contributed by atoms with Gasteiger partial charge in [0.15, 0.2) is 6.29 Å². The van der Waals surface area contributed by atoms with Gasteiger partial charge >= 0.3 is 0 Å². The summed E-state index contributed by atoms with van der Waals surface area (Å²) in [6.45, 7) is 1.17. The molecular weight excluding hydrogens is 124 g/mol. The van der Waals surface area contributed by atoms with Gasteiger partial charge in [-0.15, -0.1) is 0 Å². The largest absolute Gasteiger partial charge is 0.391 e. The van der Waals surface area contributed by atoms with Crippen LogP contribution in [0.5, 0.6) is 0 Å². The first kappa shape index (κ1) is 7.61. The fraction of sp³-hybridized carbons (Fsp3) is 0.250. The lowest BCUT2D eigenvalue weighted by Gasteiger charge is -1.88. The normalized spacial score (nSPS) is 12.1. The van der Waals surface area contributed by atoms with Crippen LogP contribution in [-0.2, 0) is 4.79 Å². The van der Waals surface area contributed by atoms with E-state index in [-0.39, 0.29) is 17.7 Å². The van der Waals surface area contributed by atoms with Crippen molar-refractivity contribution in [2.45, 2.75) is 6.92 Å². The van der Waals surface area contributed by atoms with E-state index in [0.29, 0.717) is 0 Å². The minimum Gasteiger partial charge on any atom is -0.391 e. The Labute approximate surface area is 51.3 Å². The van der Waals surface area contributed by atoms with Crippen LogP contribution in [0.3, 0.4) is 0 Å². The van der Waals surface area contributed by atoms with Crippen LogP contribution in [0.15, 0.2) is 11.4 Å². The maximum Gasteiger partial charge on any atom is 0.269 e. The highest BCUT2D eigenvalue weighted by atomic mass is 16.6. The molecule has 0 unspecified atom stereocenters. The van der Waals surface area contributed by atoms with Crippen molar-refractivity contribution >= 4 is 6.29 Å². The number of nitrogens with zero attached hydrogens (tertiary/aromatic N) is 1. The minimum atomic E-state index is -0.705. The average Bonchev–Trinajstić information content (AvgIpc) is 1.84. The van der Waals surface area contributed by atoms with Crippen LogP contribution < -0.4 is 5.73 Å². The van der Waals surface area contributed by atoms with Crippen molar-refractivity contribution in [1.29, 1.82) is 0 Å². The number of aldehydes is 1. The van der Waals surface area contributed by atoms with Gasteiger partial charge in [-0.2, -0.15) is 0 Å². The van der Waals surface area contributed by atoms with Crippen LogP contribution in [0.4, 0.5) is 0 Å². The molecule has 0 heterocycles. The lowest BCUT2D eigenvalue weighted by atomic mass is 10.4. The predicted molar refractivity (Wildman–Crippen MR) is 29.9 cm³/mol. The predicted octanol–water partition coefficient (Wildman–Crippen LogP) is -0.348. The second kappa shape index (κ2) is 2.81. The number of hydrogen-bond acceptors (Lipinski definition) is 4. The molecule has 0 aromatic carbocycles. The van der Waals surface area contributed by atoms with Gasteiger partial charge in [-0.25, -0.2) is 0 Å². The van der Waals surface area contributed by atoms with Gasteiger partial charge in [0.1, 0.15) is 5.70 Å². The molecule has 0 rings (SSSR count). The number of allylic oxidation sites excluding steroid dienone is 2. The van der Waals surface area contributed by atoms with E-state index in [1.165, 1.54) is 6.92 Å². The SMILES string of the molecule is C/C(=C(\N)C=O)[N+](=O)[O-]. The van der Waals surface area contributed by atoms with Crippen molar-refractivity contribution in [2.24, 2.45) is 5.73 Å². The number of carbonyl (C=O) groups excluding carboxylic acids is 1. The second-order valence-corrected chi connectivity index (χ2v) is 1.42. The van der Waals surface area contributed by atoms with Gasteiger partial charge in [-0.1, -0.05) is 0 Å². The molecule has 0 fully saturated rings. The zero-order valence-electron chi connectivity index (χ0n) is 4.83. The Morgan fingerprint density at radius 3 is 2.33 bits per heavy atom. The Hall–Kier alpha value is -1.39. The minimum absolute atomic E-state index is 0.248. The van der Waals surface area contributed by atoms with E-state index >= 15 is 0 Å². The molecule has 50 valence electrons. The van der Waals surface area contributed by atoms with Gasteiger partial charge in [-0.05, 0) is 0 Å². The number of rotatable bonds is 2. The molecule has 0 aromatic heterocycles. The zero-order chi connectivity index (χ0) is 7.44.